The Kier molecular flexibility index (Phi) is 4.37. The van der Waals surface area contributed by atoms with Crippen LogP contribution < -0.4 is 15.8 Å². The fraction of sp³-hybridized carbons (Fsp3) is 0.133. The van der Waals surface area contributed by atoms with Crippen LogP contribution in [0.5, 0.6) is 5.75 Å². The van der Waals surface area contributed by atoms with Gasteiger partial charge in [0.05, 0.1) is 12.7 Å². The molecule has 0 aliphatic rings. The quantitative estimate of drug-likeness (QED) is 0.851. The van der Waals surface area contributed by atoms with Gasteiger partial charge in [-0.2, -0.15) is 0 Å². The van der Waals surface area contributed by atoms with Gasteiger partial charge in [-0.15, -0.1) is 0 Å². The second-order valence-corrected chi connectivity index (χ2v) is 4.38. The highest BCUT2D eigenvalue weighted by Gasteiger charge is 2.13. The van der Waals surface area contributed by atoms with E-state index in [1.165, 1.54) is 19.2 Å². The lowest BCUT2D eigenvalue weighted by molar-refractivity contribution is 0.0947. The van der Waals surface area contributed by atoms with Crippen LogP contribution in [0.1, 0.15) is 15.9 Å². The number of nitrogens with two attached hydrogens (primary N) is 1. The zero-order valence-electron chi connectivity index (χ0n) is 11.3. The lowest BCUT2D eigenvalue weighted by atomic mass is 10.1. The molecule has 0 radical (unpaired) electrons. The van der Waals surface area contributed by atoms with E-state index in [0.29, 0.717) is 11.4 Å². The average molecular weight is 292 g/mol. The maximum absolute atomic E-state index is 13.5. The molecule has 0 saturated heterocycles. The van der Waals surface area contributed by atoms with E-state index in [1.807, 2.05) is 0 Å². The molecule has 21 heavy (non-hydrogen) atoms. The molecule has 0 atom stereocenters. The number of nitrogens with one attached hydrogen (secondary N) is 1. The number of amides is 1. The Hall–Kier alpha value is -2.63. The number of hydrogen-bond acceptors (Lipinski definition) is 3. The van der Waals surface area contributed by atoms with E-state index in [0.717, 1.165) is 12.1 Å². The van der Waals surface area contributed by atoms with Crippen LogP contribution in [0.25, 0.3) is 0 Å². The topological polar surface area (TPSA) is 64.3 Å². The van der Waals surface area contributed by atoms with Crippen LogP contribution >= 0.6 is 0 Å². The van der Waals surface area contributed by atoms with E-state index in [-0.39, 0.29) is 17.7 Å². The first-order valence-electron chi connectivity index (χ1n) is 6.17. The average Bonchev–Trinajstić information content (AvgIpc) is 2.46. The predicted molar refractivity (Wildman–Crippen MR) is 74.9 cm³/mol. The van der Waals surface area contributed by atoms with E-state index in [9.17, 15) is 13.6 Å². The summed E-state index contributed by atoms with van der Waals surface area (Å²) in [5.74, 6) is -1.47. The molecule has 6 heteroatoms. The third-order valence-electron chi connectivity index (χ3n) is 2.92. The summed E-state index contributed by atoms with van der Waals surface area (Å²) in [5.41, 5.74) is 6.48. The van der Waals surface area contributed by atoms with Gasteiger partial charge in [0.1, 0.15) is 17.4 Å². The summed E-state index contributed by atoms with van der Waals surface area (Å²) in [6.45, 7) is -0.0666. The van der Waals surface area contributed by atoms with Crippen molar-refractivity contribution < 1.29 is 18.3 Å². The van der Waals surface area contributed by atoms with Gasteiger partial charge in [0.25, 0.3) is 5.91 Å². The number of anilines is 1. The van der Waals surface area contributed by atoms with Gasteiger partial charge in [-0.3, -0.25) is 4.79 Å². The first-order chi connectivity index (χ1) is 10.0. The number of halogens is 2. The third kappa shape index (κ3) is 3.47. The smallest absolute Gasteiger partial charge is 0.255 e. The highest BCUT2D eigenvalue weighted by Crippen LogP contribution is 2.21. The zero-order chi connectivity index (χ0) is 15.4. The summed E-state index contributed by atoms with van der Waals surface area (Å²) < 4.78 is 31.3. The molecule has 0 aromatic heterocycles. The lowest BCUT2D eigenvalue weighted by Gasteiger charge is -2.10. The summed E-state index contributed by atoms with van der Waals surface area (Å²) in [7, 11) is 1.43. The summed E-state index contributed by atoms with van der Waals surface area (Å²) >= 11 is 0. The van der Waals surface area contributed by atoms with Crippen molar-refractivity contribution in [3.8, 4) is 5.75 Å². The minimum Gasteiger partial charge on any atom is -0.496 e. The maximum Gasteiger partial charge on any atom is 0.255 e. The van der Waals surface area contributed by atoms with Crippen molar-refractivity contribution in [3.63, 3.8) is 0 Å². The molecule has 0 unspecified atom stereocenters. The maximum atomic E-state index is 13.5. The van der Waals surface area contributed by atoms with Gasteiger partial charge in [0.15, 0.2) is 0 Å². The number of carbonyl (C=O) groups is 1. The predicted octanol–water partition coefficient (Wildman–Crippen LogP) is 2.49. The van der Waals surface area contributed by atoms with Crippen molar-refractivity contribution in [1.82, 2.24) is 5.32 Å². The van der Waals surface area contributed by atoms with Crippen LogP contribution in [-0.4, -0.2) is 13.0 Å². The van der Waals surface area contributed by atoms with E-state index < -0.39 is 17.5 Å². The fourth-order valence-corrected chi connectivity index (χ4v) is 1.84. The van der Waals surface area contributed by atoms with Crippen molar-refractivity contribution >= 4 is 11.6 Å². The van der Waals surface area contributed by atoms with E-state index in [4.69, 9.17) is 10.5 Å². The number of nitrogen functional groups attached to an aromatic ring is 1. The Balaban J connectivity index is 2.13. The highest BCUT2D eigenvalue weighted by atomic mass is 19.1. The number of ether oxygens (including phenoxy) is 1. The molecule has 110 valence electrons. The van der Waals surface area contributed by atoms with E-state index in [1.54, 1.807) is 12.1 Å². The van der Waals surface area contributed by atoms with Crippen molar-refractivity contribution in [3.05, 3.63) is 59.2 Å². The first kappa shape index (κ1) is 14.8. The number of hydrogen-bond donors (Lipinski definition) is 2. The molecule has 2 aromatic rings. The van der Waals surface area contributed by atoms with Crippen molar-refractivity contribution in [2.45, 2.75) is 6.54 Å². The Morgan fingerprint density at radius 2 is 2.00 bits per heavy atom. The minimum atomic E-state index is -0.713. The second-order valence-electron chi connectivity index (χ2n) is 4.38. The van der Waals surface area contributed by atoms with Crippen LogP contribution in [0, 0.1) is 11.6 Å². The second kappa shape index (κ2) is 6.21. The molecule has 2 rings (SSSR count). The van der Waals surface area contributed by atoms with Crippen LogP contribution in [0.4, 0.5) is 14.5 Å². The van der Waals surface area contributed by atoms with E-state index in [2.05, 4.69) is 5.32 Å². The first-order valence-corrected chi connectivity index (χ1v) is 6.17. The molecule has 4 nitrogen and oxygen atoms in total. The Bertz CT molecular complexity index is 675. The lowest BCUT2D eigenvalue weighted by Crippen LogP contribution is -2.24. The van der Waals surface area contributed by atoms with Crippen LogP contribution in [0.15, 0.2) is 36.4 Å². The monoisotopic (exact) mass is 292 g/mol. The van der Waals surface area contributed by atoms with Crippen molar-refractivity contribution in [2.24, 2.45) is 0 Å². The Morgan fingerprint density at radius 1 is 1.24 bits per heavy atom. The minimum absolute atomic E-state index is 0.0666. The SMILES string of the molecule is COc1ccc(N)cc1C(=O)NCc1ccc(F)cc1F. The molecule has 0 fully saturated rings. The zero-order valence-corrected chi connectivity index (χ0v) is 11.3. The number of carbonyl (C=O) groups excluding carboxylic acids is 1. The van der Waals surface area contributed by atoms with Crippen LogP contribution in [0.3, 0.4) is 0 Å². The van der Waals surface area contributed by atoms with Crippen molar-refractivity contribution in [1.29, 1.82) is 0 Å². The van der Waals surface area contributed by atoms with Gasteiger partial charge in [0.2, 0.25) is 0 Å². The number of methoxy groups -OCH3 is 1. The summed E-state index contributed by atoms with van der Waals surface area (Å²) in [5, 5.41) is 2.54. The standard InChI is InChI=1S/C15H14F2N2O2/c1-21-14-5-4-11(18)7-12(14)15(20)19-8-9-2-3-10(16)6-13(9)17/h2-7H,8,18H2,1H3,(H,19,20). The molecule has 0 heterocycles. The van der Waals surface area contributed by atoms with Crippen LogP contribution in [-0.2, 0) is 6.54 Å². The molecular formula is C15H14F2N2O2. The van der Waals surface area contributed by atoms with Gasteiger partial charge >= 0.3 is 0 Å². The molecule has 0 aliphatic heterocycles. The molecule has 1 amide bonds. The molecule has 0 saturated carbocycles. The highest BCUT2D eigenvalue weighted by molar-refractivity contribution is 5.97. The van der Waals surface area contributed by atoms with Gasteiger partial charge in [-0.25, -0.2) is 8.78 Å². The normalized spacial score (nSPS) is 10.2. The molecule has 0 aliphatic carbocycles. The number of benzene rings is 2. The van der Waals surface area contributed by atoms with Crippen molar-refractivity contribution in [2.75, 3.05) is 12.8 Å². The van der Waals surface area contributed by atoms with Gasteiger partial charge in [-0.1, -0.05) is 6.07 Å². The largest absolute Gasteiger partial charge is 0.496 e. The fourth-order valence-electron chi connectivity index (χ4n) is 1.84. The van der Waals surface area contributed by atoms with Gasteiger partial charge < -0.3 is 15.8 Å². The summed E-state index contributed by atoms with van der Waals surface area (Å²) in [6, 6.07) is 7.82. The summed E-state index contributed by atoms with van der Waals surface area (Å²) in [4.78, 5) is 12.1. The molecule has 3 N–H and O–H groups in total. The van der Waals surface area contributed by atoms with E-state index >= 15 is 0 Å². The molecular weight excluding hydrogens is 278 g/mol. The molecule has 0 spiro atoms. The Morgan fingerprint density at radius 3 is 2.67 bits per heavy atom. The van der Waals surface area contributed by atoms with Gasteiger partial charge in [0, 0.05) is 23.9 Å². The summed E-state index contributed by atoms with van der Waals surface area (Å²) in [6.07, 6.45) is 0. The van der Waals surface area contributed by atoms with Crippen LogP contribution in [0.2, 0.25) is 0 Å². The Labute approximate surface area is 120 Å². The molecule has 2 aromatic carbocycles. The number of rotatable bonds is 4. The van der Waals surface area contributed by atoms with Gasteiger partial charge in [-0.05, 0) is 24.3 Å². The molecule has 0 bridgehead atoms. The third-order valence-corrected chi connectivity index (χ3v) is 2.92.